The van der Waals surface area contributed by atoms with Crippen LogP contribution in [0.25, 0.3) is 0 Å². The van der Waals surface area contributed by atoms with Gasteiger partial charge in [-0.25, -0.2) is 0 Å². The van der Waals surface area contributed by atoms with Gasteiger partial charge < -0.3 is 30.1 Å². The lowest BCUT2D eigenvalue weighted by Crippen LogP contribution is -2.61. The summed E-state index contributed by atoms with van der Waals surface area (Å²) < 4.78 is 5.48. The van der Waals surface area contributed by atoms with Crippen LogP contribution in [0.2, 0.25) is 0 Å². The molecule has 230 valence electrons. The number of carbonyl (C=O) groups is 2. The predicted octanol–water partition coefficient (Wildman–Crippen LogP) is 4.52. The highest BCUT2D eigenvalue weighted by Crippen LogP contribution is 2.37. The molecule has 2 aromatic carbocycles. The molecule has 3 heterocycles. The molecule has 0 radical (unpaired) electrons. The zero-order valence-corrected chi connectivity index (χ0v) is 25.8. The third kappa shape index (κ3) is 6.71. The van der Waals surface area contributed by atoms with E-state index in [2.05, 4.69) is 32.7 Å². The average molecular weight is 613 g/mol. The van der Waals surface area contributed by atoms with Crippen LogP contribution in [0, 0.1) is 0 Å². The highest BCUT2D eigenvalue weighted by atomic mass is 32.1. The lowest BCUT2D eigenvalue weighted by molar-refractivity contribution is -0.149. The maximum absolute atomic E-state index is 14.4. The Hall–Kier alpha value is -4.02. The Morgan fingerprint density at radius 2 is 1.75 bits per heavy atom. The quantitative estimate of drug-likeness (QED) is 0.341. The summed E-state index contributed by atoms with van der Waals surface area (Å²) in [4.78, 5) is 39.0. The molecule has 3 fully saturated rings. The van der Waals surface area contributed by atoms with Crippen LogP contribution in [0.5, 0.6) is 0 Å². The maximum Gasteiger partial charge on any atom is 0.250 e. The zero-order chi connectivity index (χ0) is 30.4. The summed E-state index contributed by atoms with van der Waals surface area (Å²) in [6.07, 6.45) is 7.49. The first kappa shape index (κ1) is 30.0. The Labute approximate surface area is 264 Å². The number of hydrogen-bond acceptors (Lipinski definition) is 6. The third-order valence-electron chi connectivity index (χ3n) is 9.00. The molecule has 6 rings (SSSR count). The lowest BCUT2D eigenvalue weighted by atomic mass is 9.78. The van der Waals surface area contributed by atoms with Crippen molar-refractivity contribution in [2.24, 2.45) is 0 Å². The van der Waals surface area contributed by atoms with Gasteiger partial charge in [0.1, 0.15) is 5.54 Å². The Morgan fingerprint density at radius 1 is 1.00 bits per heavy atom. The van der Waals surface area contributed by atoms with E-state index in [-0.39, 0.29) is 24.4 Å². The maximum atomic E-state index is 14.4. The molecule has 1 saturated carbocycles. The van der Waals surface area contributed by atoms with E-state index in [0.29, 0.717) is 44.3 Å². The summed E-state index contributed by atoms with van der Waals surface area (Å²) in [5.74, 6) is -0.260. The number of nitrogens with one attached hydrogen (secondary N) is 2. The van der Waals surface area contributed by atoms with E-state index < -0.39 is 5.54 Å². The molecule has 10 heteroatoms. The van der Waals surface area contributed by atoms with Gasteiger partial charge in [-0.05, 0) is 66.5 Å². The molecule has 1 aliphatic carbocycles. The van der Waals surface area contributed by atoms with E-state index in [1.54, 1.807) is 17.3 Å². The van der Waals surface area contributed by atoms with E-state index in [9.17, 15) is 9.59 Å². The molecule has 9 nitrogen and oxygen atoms in total. The molecular weight excluding hydrogens is 572 g/mol. The van der Waals surface area contributed by atoms with Crippen molar-refractivity contribution in [3.05, 3.63) is 90.3 Å². The van der Waals surface area contributed by atoms with Gasteiger partial charge in [-0.2, -0.15) is 0 Å². The van der Waals surface area contributed by atoms with E-state index in [1.165, 1.54) is 0 Å². The van der Waals surface area contributed by atoms with Gasteiger partial charge in [-0.15, -0.1) is 0 Å². The number of carbonyl (C=O) groups excluding carboxylic acids is 2. The first-order valence-electron chi connectivity index (χ1n) is 15.6. The first-order valence-corrected chi connectivity index (χ1v) is 16.0. The van der Waals surface area contributed by atoms with E-state index >= 15 is 0 Å². The Bertz CT molecular complexity index is 1430. The average Bonchev–Trinajstić information content (AvgIpc) is 3.45. The Balaban J connectivity index is 1.24. The molecule has 1 atom stereocenters. The fourth-order valence-corrected chi connectivity index (χ4v) is 6.86. The van der Waals surface area contributed by atoms with Crippen molar-refractivity contribution in [2.75, 3.05) is 49.6 Å². The molecule has 2 aliphatic heterocycles. The molecular formula is C34H40N6O3S. The number of nitrogens with zero attached hydrogens (tertiary/aromatic N) is 4. The number of aromatic nitrogens is 1. The van der Waals surface area contributed by atoms with Crippen molar-refractivity contribution in [3.63, 3.8) is 0 Å². The van der Waals surface area contributed by atoms with Crippen molar-refractivity contribution in [3.8, 4) is 0 Å². The Kier molecular flexibility index (Phi) is 9.37. The van der Waals surface area contributed by atoms with Crippen molar-refractivity contribution < 1.29 is 14.3 Å². The van der Waals surface area contributed by atoms with Crippen molar-refractivity contribution in [1.29, 1.82) is 0 Å². The number of rotatable bonds is 9. The predicted molar refractivity (Wildman–Crippen MR) is 175 cm³/mol. The van der Waals surface area contributed by atoms with Gasteiger partial charge in [-0.1, -0.05) is 55.7 Å². The van der Waals surface area contributed by atoms with Crippen molar-refractivity contribution >= 4 is 40.5 Å². The topological polar surface area (TPSA) is 90.0 Å². The standard InChI is InChI=1S/C34H40N6O3S/c41-31(25-39-24-30(37-33(39)44)27-9-3-1-4-10-27)40(23-26-8-7-17-35-22-26)34(15-5-2-6-16-34)32(42)36-28-11-13-29(14-12-28)38-18-20-43-21-19-38/h1,3-4,7-14,17,22,30H,2,5-6,15-16,18-21,23-25H2,(H,36,42)(H,37,44). The van der Waals surface area contributed by atoms with Crippen LogP contribution >= 0.6 is 12.2 Å². The minimum absolute atomic E-state index is 0.00986. The van der Waals surface area contributed by atoms with Gasteiger partial charge in [-0.3, -0.25) is 14.6 Å². The van der Waals surface area contributed by atoms with E-state index in [0.717, 1.165) is 54.9 Å². The van der Waals surface area contributed by atoms with Gasteiger partial charge in [0.05, 0.1) is 25.8 Å². The molecule has 0 bridgehead atoms. The minimum atomic E-state index is -0.984. The monoisotopic (exact) mass is 612 g/mol. The largest absolute Gasteiger partial charge is 0.378 e. The van der Waals surface area contributed by atoms with Crippen LogP contribution in [0.15, 0.2) is 79.1 Å². The smallest absolute Gasteiger partial charge is 0.250 e. The molecule has 3 aliphatic rings. The second-order valence-electron chi connectivity index (χ2n) is 11.8. The second kappa shape index (κ2) is 13.7. The number of amides is 2. The summed E-state index contributed by atoms with van der Waals surface area (Å²) in [6.45, 7) is 4.11. The van der Waals surface area contributed by atoms with Gasteiger partial charge >= 0.3 is 0 Å². The van der Waals surface area contributed by atoms with Gasteiger partial charge in [0.15, 0.2) is 5.11 Å². The molecule has 1 unspecified atom stereocenters. The number of pyridine rings is 1. The van der Waals surface area contributed by atoms with Crippen LogP contribution in [0.1, 0.15) is 49.3 Å². The van der Waals surface area contributed by atoms with Crippen LogP contribution in [0.3, 0.4) is 0 Å². The number of benzene rings is 2. The summed E-state index contributed by atoms with van der Waals surface area (Å²) in [5, 5.41) is 7.12. The molecule has 3 aromatic rings. The number of hydrogen-bond donors (Lipinski definition) is 2. The zero-order valence-electron chi connectivity index (χ0n) is 25.0. The fraction of sp³-hybridized carbons (Fsp3) is 0.412. The molecule has 2 N–H and O–H groups in total. The third-order valence-corrected chi connectivity index (χ3v) is 9.38. The van der Waals surface area contributed by atoms with Gasteiger partial charge in [0.25, 0.3) is 0 Å². The highest BCUT2D eigenvalue weighted by molar-refractivity contribution is 7.80. The van der Waals surface area contributed by atoms with Gasteiger partial charge in [0.2, 0.25) is 11.8 Å². The molecule has 1 aromatic heterocycles. The molecule has 44 heavy (non-hydrogen) atoms. The normalized spacial score (nSPS) is 19.7. The number of morpholine rings is 1. The highest BCUT2D eigenvalue weighted by Gasteiger charge is 2.47. The molecule has 2 amide bonds. The Morgan fingerprint density at radius 3 is 2.45 bits per heavy atom. The van der Waals surface area contributed by atoms with Crippen LogP contribution < -0.4 is 15.5 Å². The van der Waals surface area contributed by atoms with Crippen LogP contribution in [-0.2, 0) is 20.9 Å². The summed E-state index contributed by atoms with van der Waals surface area (Å²) >= 11 is 5.68. The number of thiocarbonyl (C=S) groups is 1. The SMILES string of the molecule is O=C(CN1CC(c2ccccc2)NC1=S)N(Cc1cccnc1)C1(C(=O)Nc2ccc(N3CCOCC3)cc2)CCCCC1. The number of ether oxygens (including phenoxy) is 1. The van der Waals surface area contributed by atoms with Crippen LogP contribution in [0.4, 0.5) is 11.4 Å². The van der Waals surface area contributed by atoms with Crippen LogP contribution in [-0.4, -0.2) is 76.6 Å². The summed E-state index contributed by atoms with van der Waals surface area (Å²) in [7, 11) is 0. The second-order valence-corrected chi connectivity index (χ2v) is 12.2. The lowest BCUT2D eigenvalue weighted by Gasteiger charge is -2.45. The van der Waals surface area contributed by atoms with Crippen molar-refractivity contribution in [1.82, 2.24) is 20.1 Å². The molecule has 0 spiro atoms. The van der Waals surface area contributed by atoms with E-state index in [1.807, 2.05) is 59.5 Å². The van der Waals surface area contributed by atoms with E-state index in [4.69, 9.17) is 17.0 Å². The summed E-state index contributed by atoms with van der Waals surface area (Å²) in [6, 6.07) is 21.9. The first-order chi connectivity index (χ1) is 21.5. The summed E-state index contributed by atoms with van der Waals surface area (Å²) in [5.41, 5.74) is 2.86. The van der Waals surface area contributed by atoms with Crippen molar-refractivity contribution in [2.45, 2.75) is 50.2 Å². The fourth-order valence-electron chi connectivity index (χ4n) is 6.58. The van der Waals surface area contributed by atoms with Gasteiger partial charge in [0, 0.05) is 49.9 Å². The number of anilines is 2. The minimum Gasteiger partial charge on any atom is -0.378 e. The molecule has 2 saturated heterocycles.